The number of phenolic OH excluding ortho intramolecular Hbond substituents is 2. The summed E-state index contributed by atoms with van der Waals surface area (Å²) in [5.41, 5.74) is 1.99. The Balaban J connectivity index is 1.45. The molecule has 3 atom stereocenters. The molecular weight excluding hydrogens is 504 g/mol. The maximum Gasteiger partial charge on any atom is 0.309 e. The molecule has 216 valence electrons. The van der Waals surface area contributed by atoms with Crippen molar-refractivity contribution < 1.29 is 20.1 Å². The highest BCUT2D eigenvalue weighted by atomic mass is 32.2. The van der Waals surface area contributed by atoms with Crippen LogP contribution in [0.1, 0.15) is 128 Å². The summed E-state index contributed by atoms with van der Waals surface area (Å²) in [6.07, 6.45) is 15.3. The zero-order chi connectivity index (χ0) is 28.3. The van der Waals surface area contributed by atoms with E-state index in [4.69, 9.17) is 0 Å². The van der Waals surface area contributed by atoms with E-state index in [9.17, 15) is 20.1 Å². The van der Waals surface area contributed by atoms with Crippen LogP contribution in [0.3, 0.4) is 0 Å². The zero-order valence-electron chi connectivity index (χ0n) is 24.4. The molecule has 1 unspecified atom stereocenters. The molecular formula is C34H50O4S. The molecule has 1 aliphatic heterocycles. The molecule has 0 radical (unpaired) electrons. The Kier molecular flexibility index (Phi) is 12.1. The molecule has 39 heavy (non-hydrogen) atoms. The number of unbranched alkanes of at least 4 members (excludes halogenated alkanes) is 9. The first-order valence-electron chi connectivity index (χ1n) is 15.2. The lowest BCUT2D eigenvalue weighted by Crippen LogP contribution is -2.36. The molecule has 3 rings (SSSR count). The van der Waals surface area contributed by atoms with Crippen LogP contribution in [-0.4, -0.2) is 27.0 Å². The van der Waals surface area contributed by atoms with Crippen molar-refractivity contribution in [1.29, 1.82) is 0 Å². The molecule has 0 spiro atoms. The van der Waals surface area contributed by atoms with Gasteiger partial charge in [0.25, 0.3) is 0 Å². The fourth-order valence-electron chi connectivity index (χ4n) is 6.24. The van der Waals surface area contributed by atoms with Gasteiger partial charge in [-0.2, -0.15) is 0 Å². The summed E-state index contributed by atoms with van der Waals surface area (Å²) in [5.74, 6) is 1.31. The smallest absolute Gasteiger partial charge is 0.309 e. The first-order valence-corrected chi connectivity index (χ1v) is 16.2. The summed E-state index contributed by atoms with van der Waals surface area (Å²) in [6, 6.07) is 13.5. The predicted octanol–water partition coefficient (Wildman–Crippen LogP) is 9.82. The highest BCUT2D eigenvalue weighted by molar-refractivity contribution is 7.99. The van der Waals surface area contributed by atoms with E-state index in [1.807, 2.05) is 30.8 Å². The average molecular weight is 555 g/mol. The minimum absolute atomic E-state index is 0.0321. The van der Waals surface area contributed by atoms with E-state index in [0.717, 1.165) is 57.1 Å². The van der Waals surface area contributed by atoms with E-state index < -0.39 is 11.4 Å². The molecule has 5 heteroatoms. The molecule has 2 aromatic carbocycles. The van der Waals surface area contributed by atoms with E-state index >= 15 is 0 Å². The quantitative estimate of drug-likeness (QED) is 0.170. The van der Waals surface area contributed by atoms with Gasteiger partial charge in [0.2, 0.25) is 0 Å². The van der Waals surface area contributed by atoms with Crippen LogP contribution in [0.4, 0.5) is 0 Å². The number of thioether (sulfide) groups is 1. The van der Waals surface area contributed by atoms with Crippen molar-refractivity contribution >= 4 is 17.7 Å². The van der Waals surface area contributed by atoms with Gasteiger partial charge in [-0.05, 0) is 67.5 Å². The van der Waals surface area contributed by atoms with Crippen LogP contribution < -0.4 is 0 Å². The summed E-state index contributed by atoms with van der Waals surface area (Å²) < 4.78 is 0. The molecule has 0 saturated heterocycles. The largest absolute Gasteiger partial charge is 0.508 e. The SMILES string of the molecule is CCCCCCC(C)(CCCCCCCCC[C@@H]1c2ccc(O)cc2SC[C@]1(C)c1ccc(O)cc1)C(=O)O. The van der Waals surface area contributed by atoms with Gasteiger partial charge in [0.1, 0.15) is 11.5 Å². The molecule has 4 nitrogen and oxygen atoms in total. The molecule has 3 N–H and O–H groups in total. The highest BCUT2D eigenvalue weighted by Crippen LogP contribution is 2.52. The van der Waals surface area contributed by atoms with Gasteiger partial charge in [-0.25, -0.2) is 0 Å². The minimum Gasteiger partial charge on any atom is -0.508 e. The number of carbonyl (C=O) groups is 1. The first-order chi connectivity index (χ1) is 18.7. The molecule has 0 aliphatic carbocycles. The van der Waals surface area contributed by atoms with Gasteiger partial charge in [-0.3, -0.25) is 4.79 Å². The lowest BCUT2D eigenvalue weighted by atomic mass is 9.68. The van der Waals surface area contributed by atoms with Crippen molar-refractivity contribution in [3.63, 3.8) is 0 Å². The Bertz CT molecular complexity index is 1040. The number of hydrogen-bond acceptors (Lipinski definition) is 4. The maximum atomic E-state index is 11.9. The van der Waals surface area contributed by atoms with Crippen LogP contribution in [0.2, 0.25) is 0 Å². The topological polar surface area (TPSA) is 77.8 Å². The second-order valence-electron chi connectivity index (χ2n) is 12.2. The van der Waals surface area contributed by atoms with Crippen molar-refractivity contribution in [2.24, 2.45) is 5.41 Å². The third-order valence-electron chi connectivity index (χ3n) is 9.02. The molecule has 0 bridgehead atoms. The number of rotatable bonds is 17. The standard InChI is InChI=1S/C34H50O4S/c1-4-5-6-13-22-33(2,32(37)38)23-14-11-9-7-8-10-12-15-30-29-21-20-28(36)24-31(29)39-25-34(30,3)26-16-18-27(35)19-17-26/h16-21,24,30,35-36H,4-15,22-23,25H2,1-3H3,(H,37,38)/t30-,33?,34-/m1/s1. The molecule has 0 aromatic heterocycles. The van der Waals surface area contributed by atoms with Crippen molar-refractivity contribution in [2.45, 2.75) is 127 Å². The summed E-state index contributed by atoms with van der Waals surface area (Å²) in [6.45, 7) is 6.48. The average Bonchev–Trinajstić information content (AvgIpc) is 2.91. The summed E-state index contributed by atoms with van der Waals surface area (Å²) in [7, 11) is 0. The molecule has 0 fully saturated rings. The van der Waals surface area contributed by atoms with Crippen molar-refractivity contribution in [1.82, 2.24) is 0 Å². The molecule has 1 aliphatic rings. The van der Waals surface area contributed by atoms with Gasteiger partial charge in [-0.15, -0.1) is 11.8 Å². The second kappa shape index (κ2) is 15.0. The fraction of sp³-hybridized carbons (Fsp3) is 0.618. The van der Waals surface area contributed by atoms with Crippen LogP contribution in [0.5, 0.6) is 11.5 Å². The zero-order valence-corrected chi connectivity index (χ0v) is 25.2. The Morgan fingerprint density at radius 1 is 0.872 bits per heavy atom. The van der Waals surface area contributed by atoms with Crippen molar-refractivity contribution in [3.05, 3.63) is 53.6 Å². The monoisotopic (exact) mass is 554 g/mol. The summed E-state index contributed by atoms with van der Waals surface area (Å²) >= 11 is 1.82. The Morgan fingerprint density at radius 2 is 1.44 bits per heavy atom. The van der Waals surface area contributed by atoms with E-state index in [1.165, 1.54) is 54.5 Å². The summed E-state index contributed by atoms with van der Waals surface area (Å²) in [5, 5.41) is 29.6. The number of fused-ring (bicyclic) bond motifs is 1. The number of phenols is 2. The highest BCUT2D eigenvalue weighted by Gasteiger charge is 2.41. The maximum absolute atomic E-state index is 11.9. The van der Waals surface area contributed by atoms with Crippen LogP contribution in [0.15, 0.2) is 47.4 Å². The second-order valence-corrected chi connectivity index (χ2v) is 13.2. The number of aromatic hydroxyl groups is 2. The molecule has 2 aromatic rings. The number of carboxylic acids is 1. The Hall–Kier alpha value is -2.14. The predicted molar refractivity (Wildman–Crippen MR) is 163 cm³/mol. The fourth-order valence-corrected chi connectivity index (χ4v) is 7.64. The first kappa shape index (κ1) is 31.4. The van der Waals surface area contributed by atoms with E-state index in [0.29, 0.717) is 17.4 Å². The number of benzene rings is 2. The van der Waals surface area contributed by atoms with Gasteiger partial charge in [0.05, 0.1) is 5.41 Å². The number of hydrogen-bond donors (Lipinski definition) is 3. The van der Waals surface area contributed by atoms with Crippen LogP contribution >= 0.6 is 11.8 Å². The number of carboxylic acid groups (broad SMARTS) is 1. The van der Waals surface area contributed by atoms with Gasteiger partial charge >= 0.3 is 5.97 Å². The van der Waals surface area contributed by atoms with Crippen LogP contribution in [0, 0.1) is 5.41 Å². The van der Waals surface area contributed by atoms with Gasteiger partial charge < -0.3 is 15.3 Å². The van der Waals surface area contributed by atoms with Gasteiger partial charge in [-0.1, -0.05) is 103 Å². The Morgan fingerprint density at radius 3 is 2.05 bits per heavy atom. The molecule has 1 heterocycles. The lowest BCUT2D eigenvalue weighted by molar-refractivity contribution is -0.149. The van der Waals surface area contributed by atoms with Crippen molar-refractivity contribution in [2.75, 3.05) is 5.75 Å². The van der Waals surface area contributed by atoms with E-state index in [1.54, 1.807) is 12.1 Å². The molecule has 0 saturated carbocycles. The van der Waals surface area contributed by atoms with Crippen molar-refractivity contribution in [3.8, 4) is 11.5 Å². The van der Waals surface area contributed by atoms with E-state index in [2.05, 4.69) is 32.0 Å². The summed E-state index contributed by atoms with van der Waals surface area (Å²) in [4.78, 5) is 13.1. The normalized spacial score (nSPS) is 20.3. The number of aliphatic carboxylic acids is 1. The van der Waals surface area contributed by atoms with Gasteiger partial charge in [0, 0.05) is 16.1 Å². The van der Waals surface area contributed by atoms with E-state index in [-0.39, 0.29) is 5.41 Å². The lowest BCUT2D eigenvalue weighted by Gasteiger charge is -2.43. The van der Waals surface area contributed by atoms with Crippen LogP contribution in [0.25, 0.3) is 0 Å². The minimum atomic E-state index is -0.629. The Labute approximate surface area is 240 Å². The third kappa shape index (κ3) is 8.67. The van der Waals surface area contributed by atoms with Crippen LogP contribution in [-0.2, 0) is 10.2 Å². The third-order valence-corrected chi connectivity index (χ3v) is 10.4. The molecule has 0 amide bonds. The van der Waals surface area contributed by atoms with Gasteiger partial charge in [0.15, 0.2) is 0 Å².